The Hall–Kier alpha value is -2.39. The van der Waals surface area contributed by atoms with Crippen LogP contribution < -0.4 is 11.1 Å². The number of carbonyl (C=O) groups is 1. The van der Waals surface area contributed by atoms with Crippen LogP contribution in [0.4, 0.5) is 5.00 Å². The molecule has 0 aliphatic heterocycles. The molecular formula is C14H13N5O2S2. The van der Waals surface area contributed by atoms with E-state index in [0.29, 0.717) is 29.0 Å². The molecule has 23 heavy (non-hydrogen) atoms. The van der Waals surface area contributed by atoms with E-state index in [2.05, 4.69) is 20.5 Å². The highest BCUT2D eigenvalue weighted by Gasteiger charge is 2.10. The highest BCUT2D eigenvalue weighted by atomic mass is 32.2. The predicted molar refractivity (Wildman–Crippen MR) is 89.6 cm³/mol. The first-order valence-corrected chi connectivity index (χ1v) is 8.58. The number of nitrogens with zero attached hydrogens (tertiary/aromatic N) is 3. The highest BCUT2D eigenvalue weighted by molar-refractivity contribution is 7.99. The molecule has 3 aromatic rings. The number of aromatic nitrogens is 3. The molecule has 3 rings (SSSR count). The van der Waals surface area contributed by atoms with Gasteiger partial charge in [0.25, 0.3) is 11.1 Å². The van der Waals surface area contributed by atoms with Gasteiger partial charge >= 0.3 is 0 Å². The first-order chi connectivity index (χ1) is 11.2. The van der Waals surface area contributed by atoms with Crippen LogP contribution in [0.25, 0.3) is 11.5 Å². The lowest BCUT2D eigenvalue weighted by Crippen LogP contribution is -2.13. The minimum atomic E-state index is -0.430. The topological polar surface area (TPSA) is 107 Å². The second-order valence-electron chi connectivity index (χ2n) is 4.41. The molecule has 0 aliphatic carbocycles. The molecule has 7 nitrogen and oxygen atoms in total. The number of nitrogens with two attached hydrogens (primary N) is 1. The third-order valence-electron chi connectivity index (χ3n) is 2.88. The molecule has 0 fully saturated rings. The molecular weight excluding hydrogens is 334 g/mol. The van der Waals surface area contributed by atoms with E-state index in [1.807, 2.05) is 17.5 Å². The van der Waals surface area contributed by atoms with E-state index in [1.165, 1.54) is 23.1 Å². The summed E-state index contributed by atoms with van der Waals surface area (Å²) in [7, 11) is 0. The van der Waals surface area contributed by atoms with Crippen LogP contribution in [0.2, 0.25) is 0 Å². The summed E-state index contributed by atoms with van der Waals surface area (Å²) in [6.45, 7) is 0.651. The SMILES string of the molecule is NC(=O)c1ccsc1NCCSc1nnc(-c2ccncc2)o1. The van der Waals surface area contributed by atoms with Gasteiger partial charge in [0.2, 0.25) is 5.89 Å². The number of anilines is 1. The predicted octanol–water partition coefficient (Wildman–Crippen LogP) is 2.50. The normalized spacial score (nSPS) is 10.6. The van der Waals surface area contributed by atoms with E-state index in [9.17, 15) is 4.79 Å². The summed E-state index contributed by atoms with van der Waals surface area (Å²) in [5, 5.41) is 14.3. The van der Waals surface area contributed by atoms with Gasteiger partial charge in [0.1, 0.15) is 5.00 Å². The number of carbonyl (C=O) groups excluding carboxylic acids is 1. The smallest absolute Gasteiger partial charge is 0.276 e. The van der Waals surface area contributed by atoms with Crippen molar-refractivity contribution in [1.29, 1.82) is 0 Å². The molecule has 0 radical (unpaired) electrons. The van der Waals surface area contributed by atoms with Crippen molar-refractivity contribution in [2.75, 3.05) is 17.6 Å². The zero-order valence-corrected chi connectivity index (χ0v) is 13.6. The summed E-state index contributed by atoms with van der Waals surface area (Å²) in [5.41, 5.74) is 6.64. The summed E-state index contributed by atoms with van der Waals surface area (Å²) in [6, 6.07) is 5.33. The zero-order valence-electron chi connectivity index (χ0n) is 11.9. The van der Waals surface area contributed by atoms with Gasteiger partial charge in [0.15, 0.2) is 0 Å². The average molecular weight is 347 g/mol. The molecule has 3 N–H and O–H groups in total. The fourth-order valence-corrected chi connectivity index (χ4v) is 3.26. The van der Waals surface area contributed by atoms with Crippen molar-refractivity contribution in [1.82, 2.24) is 15.2 Å². The van der Waals surface area contributed by atoms with Crippen LogP contribution in [0.1, 0.15) is 10.4 Å². The molecule has 0 saturated carbocycles. The van der Waals surface area contributed by atoms with Crippen LogP contribution in [0.3, 0.4) is 0 Å². The number of thiophene rings is 1. The number of thioether (sulfide) groups is 1. The summed E-state index contributed by atoms with van der Waals surface area (Å²) >= 11 is 2.89. The Morgan fingerprint density at radius 1 is 1.30 bits per heavy atom. The van der Waals surface area contributed by atoms with Gasteiger partial charge in [-0.15, -0.1) is 21.5 Å². The van der Waals surface area contributed by atoms with Crippen molar-refractivity contribution >= 4 is 34.0 Å². The number of hydrogen-bond donors (Lipinski definition) is 2. The molecule has 9 heteroatoms. The maximum atomic E-state index is 11.2. The van der Waals surface area contributed by atoms with Gasteiger partial charge in [0.05, 0.1) is 5.56 Å². The lowest BCUT2D eigenvalue weighted by atomic mass is 10.3. The minimum Gasteiger partial charge on any atom is -0.411 e. The van der Waals surface area contributed by atoms with Crippen molar-refractivity contribution in [2.45, 2.75) is 5.22 Å². The third-order valence-corrected chi connectivity index (χ3v) is 4.57. The maximum absolute atomic E-state index is 11.2. The molecule has 0 aromatic carbocycles. The largest absolute Gasteiger partial charge is 0.411 e. The molecule has 118 valence electrons. The molecule has 0 unspecified atom stereocenters. The van der Waals surface area contributed by atoms with Crippen LogP contribution in [0.15, 0.2) is 45.6 Å². The van der Waals surface area contributed by atoms with Gasteiger partial charge in [0, 0.05) is 30.3 Å². The van der Waals surface area contributed by atoms with Gasteiger partial charge in [-0.2, -0.15) is 0 Å². The summed E-state index contributed by atoms with van der Waals surface area (Å²) in [6.07, 6.45) is 3.35. The number of nitrogens with one attached hydrogen (secondary N) is 1. The van der Waals surface area contributed by atoms with Crippen molar-refractivity contribution in [2.24, 2.45) is 5.73 Å². The van der Waals surface area contributed by atoms with E-state index >= 15 is 0 Å². The van der Waals surface area contributed by atoms with Gasteiger partial charge in [-0.05, 0) is 23.6 Å². The zero-order chi connectivity index (χ0) is 16.1. The lowest BCUT2D eigenvalue weighted by Gasteiger charge is -2.03. The molecule has 0 atom stereocenters. The monoisotopic (exact) mass is 347 g/mol. The number of hydrogen-bond acceptors (Lipinski definition) is 8. The van der Waals surface area contributed by atoms with Crippen molar-refractivity contribution in [3.63, 3.8) is 0 Å². The number of primary amides is 1. The van der Waals surface area contributed by atoms with E-state index in [1.54, 1.807) is 18.5 Å². The molecule has 0 aliphatic rings. The second-order valence-corrected chi connectivity index (χ2v) is 6.37. The second kappa shape index (κ2) is 7.25. The van der Waals surface area contributed by atoms with Crippen LogP contribution in [0.5, 0.6) is 0 Å². The Morgan fingerprint density at radius 2 is 2.13 bits per heavy atom. The quantitative estimate of drug-likeness (QED) is 0.499. The number of rotatable bonds is 7. The van der Waals surface area contributed by atoms with E-state index in [0.717, 1.165) is 10.6 Å². The fourth-order valence-electron chi connectivity index (χ4n) is 1.82. The van der Waals surface area contributed by atoms with Crippen molar-refractivity contribution in [3.8, 4) is 11.5 Å². The molecule has 0 spiro atoms. The highest BCUT2D eigenvalue weighted by Crippen LogP contribution is 2.24. The average Bonchev–Trinajstić information content (AvgIpc) is 3.22. The Bertz CT molecular complexity index is 787. The molecule has 1 amide bonds. The summed E-state index contributed by atoms with van der Waals surface area (Å²) in [5.74, 6) is 0.756. The van der Waals surface area contributed by atoms with Gasteiger partial charge in [-0.3, -0.25) is 9.78 Å². The van der Waals surface area contributed by atoms with Crippen molar-refractivity contribution in [3.05, 3.63) is 41.5 Å². The Labute approximate surface area is 140 Å². The Kier molecular flexibility index (Phi) is 4.89. The van der Waals surface area contributed by atoms with Crippen LogP contribution >= 0.6 is 23.1 Å². The van der Waals surface area contributed by atoms with Crippen LogP contribution in [0, 0.1) is 0 Å². The van der Waals surface area contributed by atoms with E-state index in [4.69, 9.17) is 10.2 Å². The maximum Gasteiger partial charge on any atom is 0.276 e. The summed E-state index contributed by atoms with van der Waals surface area (Å²) in [4.78, 5) is 15.2. The van der Waals surface area contributed by atoms with Crippen LogP contribution in [-0.2, 0) is 0 Å². The molecule has 3 heterocycles. The van der Waals surface area contributed by atoms with Crippen LogP contribution in [-0.4, -0.2) is 33.4 Å². The summed E-state index contributed by atoms with van der Waals surface area (Å²) < 4.78 is 5.58. The Morgan fingerprint density at radius 3 is 2.91 bits per heavy atom. The first-order valence-electron chi connectivity index (χ1n) is 6.72. The van der Waals surface area contributed by atoms with E-state index < -0.39 is 5.91 Å². The minimum absolute atomic E-state index is 0.430. The van der Waals surface area contributed by atoms with Crippen molar-refractivity contribution < 1.29 is 9.21 Å². The molecule has 0 bridgehead atoms. The lowest BCUT2D eigenvalue weighted by molar-refractivity contribution is 0.100. The number of pyridine rings is 1. The number of amides is 1. The standard InChI is InChI=1S/C14H13N5O2S2/c15-11(20)10-3-7-22-13(10)17-6-8-23-14-19-18-12(21-14)9-1-4-16-5-2-9/h1-5,7,17H,6,8H2,(H2,15,20). The van der Waals surface area contributed by atoms with Gasteiger partial charge < -0.3 is 15.5 Å². The molecule has 0 saturated heterocycles. The molecule has 3 aromatic heterocycles. The van der Waals surface area contributed by atoms with E-state index in [-0.39, 0.29) is 0 Å². The fraction of sp³-hybridized carbons (Fsp3) is 0.143. The Balaban J connectivity index is 1.51. The van der Waals surface area contributed by atoms with Gasteiger partial charge in [-0.1, -0.05) is 11.8 Å². The van der Waals surface area contributed by atoms with Gasteiger partial charge in [-0.25, -0.2) is 0 Å². The first kappa shape index (κ1) is 15.5. The third kappa shape index (κ3) is 3.88.